The zero-order chi connectivity index (χ0) is 20.1. The summed E-state index contributed by atoms with van der Waals surface area (Å²) in [7, 11) is 0. The van der Waals surface area contributed by atoms with Crippen molar-refractivity contribution >= 4 is 23.1 Å². The predicted molar refractivity (Wildman–Crippen MR) is 103 cm³/mol. The number of amides is 1. The molecule has 4 rings (SSSR count). The number of aliphatic hydroxyl groups excluding tert-OH is 1. The Morgan fingerprint density at radius 1 is 1.25 bits per heavy atom. The number of halogens is 1. The Kier molecular flexibility index (Phi) is 5.14. The Balaban J connectivity index is 1.78. The van der Waals surface area contributed by atoms with Crippen LogP contribution in [0.1, 0.15) is 42.4 Å². The van der Waals surface area contributed by atoms with Crippen LogP contribution in [0.2, 0.25) is 5.02 Å². The van der Waals surface area contributed by atoms with Gasteiger partial charge in [-0.25, -0.2) is 9.90 Å². The molecule has 1 amide bonds. The van der Waals surface area contributed by atoms with Crippen LogP contribution in [-0.4, -0.2) is 57.9 Å². The van der Waals surface area contributed by atoms with Crippen molar-refractivity contribution < 1.29 is 24.7 Å². The minimum atomic E-state index is -1.03. The summed E-state index contributed by atoms with van der Waals surface area (Å²) in [6.07, 6.45) is 1.72. The number of aryl methyl sites for hydroxylation is 2. The third kappa shape index (κ3) is 3.11. The van der Waals surface area contributed by atoms with Gasteiger partial charge in [0.15, 0.2) is 6.29 Å². The van der Waals surface area contributed by atoms with Gasteiger partial charge in [-0.15, -0.1) is 0 Å². The molecule has 2 fully saturated rings. The maximum Gasteiger partial charge on any atom is 0.282 e. The molecular formula is C20H25ClN2O5. The van der Waals surface area contributed by atoms with Crippen molar-refractivity contribution in [3.8, 4) is 0 Å². The highest BCUT2D eigenvalue weighted by molar-refractivity contribution is 6.35. The monoisotopic (exact) mass is 408 g/mol. The van der Waals surface area contributed by atoms with Gasteiger partial charge in [0.2, 0.25) is 0 Å². The van der Waals surface area contributed by atoms with Gasteiger partial charge in [-0.2, -0.15) is 5.06 Å². The Labute approximate surface area is 169 Å². The highest BCUT2D eigenvalue weighted by Crippen LogP contribution is 2.47. The number of nitrogens with zero attached hydrogens (tertiary/aromatic N) is 2. The van der Waals surface area contributed by atoms with E-state index in [1.54, 1.807) is 6.07 Å². The third-order valence-electron chi connectivity index (χ3n) is 6.00. The minimum absolute atomic E-state index is 0.0475. The van der Waals surface area contributed by atoms with Gasteiger partial charge < -0.3 is 15.1 Å². The van der Waals surface area contributed by atoms with Crippen LogP contribution in [0.3, 0.4) is 0 Å². The molecule has 152 valence electrons. The number of hydrogen-bond donors (Lipinski definition) is 2. The van der Waals surface area contributed by atoms with Gasteiger partial charge in [-0.3, -0.25) is 4.79 Å². The largest absolute Gasteiger partial charge is 0.509 e. The van der Waals surface area contributed by atoms with Gasteiger partial charge >= 0.3 is 0 Å². The van der Waals surface area contributed by atoms with E-state index in [1.807, 2.05) is 19.9 Å². The summed E-state index contributed by atoms with van der Waals surface area (Å²) >= 11 is 6.45. The fourth-order valence-electron chi connectivity index (χ4n) is 4.14. The SMILES string of the molecule is Cc1cc(Cl)c(C2=C(O)C3(CCN(O)CC3)N(OC3CCCO3)C2=O)cc1C. The molecule has 1 atom stereocenters. The van der Waals surface area contributed by atoms with Crippen LogP contribution in [0.4, 0.5) is 0 Å². The summed E-state index contributed by atoms with van der Waals surface area (Å²) in [6, 6.07) is 3.62. The molecule has 7 nitrogen and oxygen atoms in total. The van der Waals surface area contributed by atoms with Crippen molar-refractivity contribution in [1.29, 1.82) is 0 Å². The molecule has 2 N–H and O–H groups in total. The van der Waals surface area contributed by atoms with Gasteiger partial charge in [0, 0.05) is 30.1 Å². The maximum atomic E-state index is 13.4. The molecular weight excluding hydrogens is 384 g/mol. The number of benzene rings is 1. The summed E-state index contributed by atoms with van der Waals surface area (Å²) in [4.78, 5) is 19.3. The molecule has 0 radical (unpaired) electrons. The lowest BCUT2D eigenvalue weighted by Crippen LogP contribution is -2.55. The predicted octanol–water partition coefficient (Wildman–Crippen LogP) is 3.36. The van der Waals surface area contributed by atoms with E-state index in [4.69, 9.17) is 21.2 Å². The summed E-state index contributed by atoms with van der Waals surface area (Å²) in [5.41, 5.74) is 1.62. The second-order valence-corrected chi connectivity index (χ2v) is 8.18. The Morgan fingerprint density at radius 3 is 2.57 bits per heavy atom. The van der Waals surface area contributed by atoms with Crippen molar-refractivity contribution in [2.75, 3.05) is 19.7 Å². The van der Waals surface area contributed by atoms with Crippen molar-refractivity contribution in [2.45, 2.75) is 51.4 Å². The van der Waals surface area contributed by atoms with Gasteiger partial charge in [-0.1, -0.05) is 11.6 Å². The molecule has 0 bridgehead atoms. The van der Waals surface area contributed by atoms with Crippen LogP contribution in [0.5, 0.6) is 0 Å². The van der Waals surface area contributed by atoms with Crippen molar-refractivity contribution in [2.24, 2.45) is 0 Å². The molecule has 8 heteroatoms. The molecule has 0 saturated carbocycles. The third-order valence-corrected chi connectivity index (χ3v) is 6.31. The minimum Gasteiger partial charge on any atom is -0.509 e. The molecule has 3 heterocycles. The van der Waals surface area contributed by atoms with Gasteiger partial charge in [0.1, 0.15) is 11.3 Å². The number of carbonyl (C=O) groups excluding carboxylic acids is 1. The molecule has 1 spiro atoms. The molecule has 3 aliphatic rings. The number of hydrogen-bond acceptors (Lipinski definition) is 6. The zero-order valence-corrected chi connectivity index (χ0v) is 16.8. The topological polar surface area (TPSA) is 82.5 Å². The summed E-state index contributed by atoms with van der Waals surface area (Å²) < 4.78 is 5.55. The van der Waals surface area contributed by atoms with Crippen molar-refractivity contribution in [3.05, 3.63) is 39.6 Å². The van der Waals surface area contributed by atoms with Gasteiger partial charge in [0.25, 0.3) is 5.91 Å². The number of piperidine rings is 1. The molecule has 1 aromatic carbocycles. The molecule has 1 unspecified atom stereocenters. The summed E-state index contributed by atoms with van der Waals surface area (Å²) in [6.45, 7) is 5.10. The van der Waals surface area contributed by atoms with E-state index in [2.05, 4.69) is 0 Å². The first kappa shape index (κ1) is 19.7. The second-order valence-electron chi connectivity index (χ2n) is 7.77. The number of ether oxygens (including phenoxy) is 1. The lowest BCUT2D eigenvalue weighted by atomic mass is 9.86. The van der Waals surface area contributed by atoms with E-state index >= 15 is 0 Å². The van der Waals surface area contributed by atoms with Crippen molar-refractivity contribution in [3.63, 3.8) is 0 Å². The first-order valence-electron chi connectivity index (χ1n) is 9.61. The highest BCUT2D eigenvalue weighted by atomic mass is 35.5. The molecule has 1 aromatic rings. The van der Waals surface area contributed by atoms with E-state index in [1.165, 1.54) is 10.1 Å². The number of aliphatic hydroxyl groups is 1. The fourth-order valence-corrected chi connectivity index (χ4v) is 4.46. The van der Waals surface area contributed by atoms with Crippen molar-refractivity contribution in [1.82, 2.24) is 10.1 Å². The Morgan fingerprint density at radius 2 is 1.93 bits per heavy atom. The molecule has 28 heavy (non-hydrogen) atoms. The molecule has 3 aliphatic heterocycles. The normalized spacial score (nSPS) is 25.4. The quantitative estimate of drug-likeness (QED) is 0.798. The van der Waals surface area contributed by atoms with Crippen LogP contribution < -0.4 is 0 Å². The average molecular weight is 409 g/mol. The van der Waals surface area contributed by atoms with Crippen LogP contribution >= 0.6 is 11.6 Å². The van der Waals surface area contributed by atoms with Crippen LogP contribution in [0.25, 0.3) is 5.57 Å². The average Bonchev–Trinajstić information content (AvgIpc) is 3.23. The van der Waals surface area contributed by atoms with E-state index in [0.717, 1.165) is 17.5 Å². The highest BCUT2D eigenvalue weighted by Gasteiger charge is 2.56. The Bertz CT molecular complexity index is 826. The maximum absolute atomic E-state index is 13.4. The number of hydroxylamine groups is 4. The lowest BCUT2D eigenvalue weighted by molar-refractivity contribution is -0.290. The number of carbonyl (C=O) groups is 1. The first-order valence-corrected chi connectivity index (χ1v) is 9.99. The fraction of sp³-hybridized carbons (Fsp3) is 0.550. The Hall–Kier alpha value is -1.64. The number of rotatable bonds is 3. The first-order chi connectivity index (χ1) is 13.3. The summed E-state index contributed by atoms with van der Waals surface area (Å²) in [5, 5.41) is 23.9. The van der Waals surface area contributed by atoms with Crippen LogP contribution in [0.15, 0.2) is 17.9 Å². The van der Waals surface area contributed by atoms with Gasteiger partial charge in [0.05, 0.1) is 12.2 Å². The van der Waals surface area contributed by atoms with Crippen LogP contribution in [0, 0.1) is 13.8 Å². The molecule has 0 aromatic heterocycles. The smallest absolute Gasteiger partial charge is 0.282 e. The van der Waals surface area contributed by atoms with Crippen LogP contribution in [-0.2, 0) is 14.4 Å². The van der Waals surface area contributed by atoms with E-state index in [9.17, 15) is 15.1 Å². The van der Waals surface area contributed by atoms with Gasteiger partial charge in [-0.05, 0) is 56.4 Å². The zero-order valence-electron chi connectivity index (χ0n) is 16.1. The van der Waals surface area contributed by atoms with E-state index in [-0.39, 0.29) is 11.3 Å². The summed E-state index contributed by atoms with van der Waals surface area (Å²) in [5.74, 6) is -0.474. The van der Waals surface area contributed by atoms with E-state index in [0.29, 0.717) is 49.5 Å². The van der Waals surface area contributed by atoms with E-state index < -0.39 is 17.7 Å². The molecule has 0 aliphatic carbocycles. The molecule has 2 saturated heterocycles. The second kappa shape index (κ2) is 7.31. The lowest BCUT2D eigenvalue weighted by Gasteiger charge is -2.42. The standard InChI is InChI=1S/C20H25ClN2O5/c1-12-10-14(15(21)11-13(12)2)17-18(24)20(5-7-22(26)8-6-20)23(19(17)25)28-16-4-3-9-27-16/h10-11,16,24,26H,3-9H2,1-2H3.